The first kappa shape index (κ1) is 34.8. The van der Waals surface area contributed by atoms with Gasteiger partial charge in [0.15, 0.2) is 0 Å². The number of thiophene rings is 1. The molecule has 1 heterocycles. The Morgan fingerprint density at radius 2 is 1.02 bits per heavy atom. The molecule has 0 bridgehead atoms. The largest absolute Gasteiger partial charge is 0.308 e. The molecule has 10 aromatic rings. The quantitative estimate of drug-likeness (QED) is 0.161. The van der Waals surface area contributed by atoms with Gasteiger partial charge in [0.2, 0.25) is 0 Å². The number of nitrogens with zero attached hydrogens (tertiary/aromatic N) is 1. The molecule has 0 N–H and O–H groups in total. The minimum Gasteiger partial charge on any atom is -0.308 e. The van der Waals surface area contributed by atoms with E-state index in [9.17, 15) is 0 Å². The van der Waals surface area contributed by atoms with E-state index < -0.39 is 0 Å². The Morgan fingerprint density at radius 3 is 1.83 bits per heavy atom. The summed E-state index contributed by atoms with van der Waals surface area (Å²) in [5, 5.41) is 5.13. The Balaban J connectivity index is 0.976. The zero-order valence-corrected chi connectivity index (χ0v) is 35.7. The third-order valence-electron chi connectivity index (χ3n) is 17.0. The highest BCUT2D eigenvalue weighted by atomic mass is 32.1. The maximum atomic E-state index is 2.65. The molecule has 0 aliphatic heterocycles. The summed E-state index contributed by atoms with van der Waals surface area (Å²) in [5.41, 5.74) is 18.0. The smallest absolute Gasteiger partial charge is 0.0640 e. The minimum absolute atomic E-state index is 0.157. The van der Waals surface area contributed by atoms with Crippen molar-refractivity contribution in [2.75, 3.05) is 4.90 Å². The highest BCUT2D eigenvalue weighted by molar-refractivity contribution is 7.26. The van der Waals surface area contributed by atoms with Crippen LogP contribution in [0.2, 0.25) is 0 Å². The maximum Gasteiger partial charge on any atom is 0.0640 e. The van der Waals surface area contributed by atoms with Crippen molar-refractivity contribution in [2.24, 2.45) is 29.1 Å². The van der Waals surface area contributed by atoms with Crippen LogP contribution in [-0.4, -0.2) is 0 Å². The zero-order valence-electron chi connectivity index (χ0n) is 34.8. The monoisotopic (exact) mass is 821 g/mol. The second kappa shape index (κ2) is 12.5. The topological polar surface area (TPSA) is 3.24 Å². The Kier molecular flexibility index (Phi) is 6.88. The molecular formula is C61H43NS. The molecule has 5 aliphatic carbocycles. The highest BCUT2D eigenvalue weighted by Crippen LogP contribution is 2.94. The summed E-state index contributed by atoms with van der Waals surface area (Å²) in [6.45, 7) is 0. The van der Waals surface area contributed by atoms with Crippen LogP contribution >= 0.6 is 11.3 Å². The molecule has 4 atom stereocenters. The van der Waals surface area contributed by atoms with Crippen LogP contribution in [0.5, 0.6) is 0 Å². The van der Waals surface area contributed by atoms with Crippen LogP contribution in [0.25, 0.3) is 75.5 Å². The Labute approximate surface area is 371 Å². The fraction of sp³-hybridized carbons (Fsp3) is 0.148. The van der Waals surface area contributed by atoms with Gasteiger partial charge < -0.3 is 4.90 Å². The standard InChI is InChI=1S/C61H43NS/c1-2-15-37(16-3-1)43-23-12-17-38-18-13-24-48(58(38)43)46-21-6-10-28-53(46)62(54-29-14-25-49-47-22-7-11-30-55(47)63-59(49)54)52-27-9-5-19-42(52)39-31-32-45-44-20-4-8-26-50(44)61(51(45)33-39)56-35-40-34-41-36-57(61)60(40,41)56/h1-33,40-41,56-57H,34-36H2. The van der Waals surface area contributed by atoms with E-state index in [4.69, 9.17) is 0 Å². The van der Waals surface area contributed by atoms with Crippen LogP contribution in [0.1, 0.15) is 30.4 Å². The fourth-order valence-electron chi connectivity index (χ4n) is 14.7. The number of para-hydroxylation sites is 2. The molecule has 298 valence electrons. The minimum atomic E-state index is 0.157. The second-order valence-corrected chi connectivity index (χ2v) is 20.1. The molecule has 2 heteroatoms. The Hall–Kier alpha value is -6.74. The van der Waals surface area contributed by atoms with E-state index in [1.165, 1.54) is 112 Å². The molecule has 1 nitrogen and oxygen atoms in total. The van der Waals surface area contributed by atoms with Crippen molar-refractivity contribution in [1.82, 2.24) is 0 Å². The summed E-state index contributed by atoms with van der Waals surface area (Å²) >= 11 is 1.91. The third-order valence-corrected chi connectivity index (χ3v) is 18.2. The van der Waals surface area contributed by atoms with Gasteiger partial charge in [-0.1, -0.05) is 170 Å². The van der Waals surface area contributed by atoms with E-state index in [0.29, 0.717) is 5.41 Å². The first-order valence-corrected chi connectivity index (χ1v) is 23.8. The van der Waals surface area contributed by atoms with Crippen LogP contribution in [0.4, 0.5) is 17.1 Å². The van der Waals surface area contributed by atoms with Crippen LogP contribution in [0, 0.1) is 29.1 Å². The fourth-order valence-corrected chi connectivity index (χ4v) is 15.9. The number of hydrogen-bond donors (Lipinski definition) is 0. The average Bonchev–Trinajstić information content (AvgIpc) is 3.85. The lowest BCUT2D eigenvalue weighted by Gasteiger charge is -2.92. The van der Waals surface area contributed by atoms with Crippen molar-refractivity contribution in [3.63, 3.8) is 0 Å². The molecule has 0 amide bonds. The number of hydrogen-bond acceptors (Lipinski definition) is 2. The summed E-state index contributed by atoms with van der Waals surface area (Å²) in [4.78, 5) is 2.60. The summed E-state index contributed by atoms with van der Waals surface area (Å²) in [7, 11) is 0. The summed E-state index contributed by atoms with van der Waals surface area (Å²) in [6, 6.07) is 75.7. The van der Waals surface area contributed by atoms with Crippen molar-refractivity contribution < 1.29 is 0 Å². The predicted octanol–water partition coefficient (Wildman–Crippen LogP) is 16.6. The van der Waals surface area contributed by atoms with Gasteiger partial charge in [-0.2, -0.15) is 0 Å². The van der Waals surface area contributed by atoms with Gasteiger partial charge in [-0.05, 0) is 134 Å². The van der Waals surface area contributed by atoms with Crippen molar-refractivity contribution in [3.8, 4) is 44.5 Å². The van der Waals surface area contributed by atoms with Gasteiger partial charge in [-0.3, -0.25) is 0 Å². The van der Waals surface area contributed by atoms with Gasteiger partial charge in [0.1, 0.15) is 0 Å². The molecule has 1 aromatic heterocycles. The summed E-state index contributed by atoms with van der Waals surface area (Å²) in [6.07, 6.45) is 4.30. The maximum absolute atomic E-state index is 2.65. The predicted molar refractivity (Wildman–Crippen MR) is 264 cm³/mol. The SMILES string of the molecule is c1ccc(-c2cccc3cccc(-c4ccccc4N(c4ccccc4-c4ccc5c(c4)C4(c6ccccc6-5)C5CC6CC7CC4C675)c4cccc5c4sc4ccccc45)c23)cc1. The summed E-state index contributed by atoms with van der Waals surface area (Å²) in [5.74, 6) is 3.53. The first-order valence-electron chi connectivity index (χ1n) is 23.0. The molecule has 4 fully saturated rings. The van der Waals surface area contributed by atoms with E-state index in [1.807, 2.05) is 11.3 Å². The van der Waals surface area contributed by atoms with Crippen molar-refractivity contribution in [1.29, 1.82) is 0 Å². The van der Waals surface area contributed by atoms with Crippen LogP contribution in [0.3, 0.4) is 0 Å². The van der Waals surface area contributed by atoms with E-state index in [0.717, 1.165) is 23.7 Å². The van der Waals surface area contributed by atoms with E-state index in [2.05, 4.69) is 205 Å². The lowest BCUT2D eigenvalue weighted by molar-refractivity contribution is -0.412. The van der Waals surface area contributed by atoms with Crippen LogP contribution < -0.4 is 4.90 Å². The van der Waals surface area contributed by atoms with Gasteiger partial charge in [0, 0.05) is 32.0 Å². The first-order chi connectivity index (χ1) is 31.2. The number of anilines is 3. The van der Waals surface area contributed by atoms with Gasteiger partial charge in [0.05, 0.1) is 21.8 Å². The molecule has 63 heavy (non-hydrogen) atoms. The molecule has 4 unspecified atom stereocenters. The number of benzene rings is 9. The van der Waals surface area contributed by atoms with Crippen LogP contribution in [0.15, 0.2) is 200 Å². The average molecular weight is 822 g/mol. The van der Waals surface area contributed by atoms with Gasteiger partial charge in [0.25, 0.3) is 0 Å². The Bertz CT molecular complexity index is 3530. The Morgan fingerprint density at radius 1 is 0.413 bits per heavy atom. The molecule has 15 rings (SSSR count). The van der Waals surface area contributed by atoms with Crippen molar-refractivity contribution in [2.45, 2.75) is 24.7 Å². The normalized spacial score (nSPS) is 24.1. The molecule has 4 saturated carbocycles. The van der Waals surface area contributed by atoms with E-state index in [1.54, 1.807) is 11.1 Å². The van der Waals surface area contributed by atoms with Crippen molar-refractivity contribution in [3.05, 3.63) is 211 Å². The number of rotatable bonds is 6. The summed E-state index contributed by atoms with van der Waals surface area (Å²) < 4.78 is 2.61. The number of fused-ring (bicyclic) bond motifs is 11. The van der Waals surface area contributed by atoms with Crippen molar-refractivity contribution >= 4 is 59.3 Å². The lowest BCUT2D eigenvalue weighted by Crippen LogP contribution is -2.88. The molecule has 2 spiro atoms. The highest BCUT2D eigenvalue weighted by Gasteiger charge is 2.90. The molecule has 5 aliphatic rings. The molecule has 0 saturated heterocycles. The van der Waals surface area contributed by atoms with E-state index in [-0.39, 0.29) is 5.41 Å². The van der Waals surface area contributed by atoms with Gasteiger partial charge in [-0.15, -0.1) is 11.3 Å². The van der Waals surface area contributed by atoms with Gasteiger partial charge >= 0.3 is 0 Å². The lowest BCUT2D eigenvalue weighted by atomic mass is 9.11. The zero-order chi connectivity index (χ0) is 41.0. The third kappa shape index (κ3) is 4.24. The molecule has 9 aromatic carbocycles. The second-order valence-electron chi connectivity index (χ2n) is 19.1. The molecular weight excluding hydrogens is 779 g/mol. The van der Waals surface area contributed by atoms with Gasteiger partial charge in [-0.25, -0.2) is 0 Å². The molecule has 0 radical (unpaired) electrons. The van der Waals surface area contributed by atoms with E-state index >= 15 is 0 Å². The van der Waals surface area contributed by atoms with Crippen LogP contribution in [-0.2, 0) is 5.41 Å².